The number of aliphatic hydroxyl groups is 1. The second kappa shape index (κ2) is 12.0. The molecule has 0 radical (unpaired) electrons. The Bertz CT molecular complexity index is 2060. The molecule has 250 valence electrons. The van der Waals surface area contributed by atoms with E-state index in [1.54, 1.807) is 49.3 Å². The highest BCUT2D eigenvalue weighted by Crippen LogP contribution is 2.39. The van der Waals surface area contributed by atoms with Gasteiger partial charge in [-0.1, -0.05) is 36.4 Å². The molecule has 4 aromatic rings. The van der Waals surface area contributed by atoms with Crippen LogP contribution in [0.2, 0.25) is 0 Å². The first-order valence-electron chi connectivity index (χ1n) is 16.6. The molecule has 0 spiro atoms. The maximum absolute atomic E-state index is 14.6. The fourth-order valence-electron chi connectivity index (χ4n) is 7.21. The number of carbonyl (C=O) groups is 1. The number of carbonyl (C=O) groups excluding carboxylic acids is 1. The minimum absolute atomic E-state index is 0.129. The SMILES string of the molecule is Cc1cc(C2=CC(C)(S(=O)(=O)n3cc(-c4ccc(C(=O)N5CCC(C)(O)C5)cc4)c4cccnc43)CC=C2)ccc1N1CCN(C)CC1. The zero-order valence-electron chi connectivity index (χ0n) is 28.1. The number of hydrogen-bond acceptors (Lipinski definition) is 7. The number of hydrogen-bond donors (Lipinski definition) is 1. The molecule has 2 aromatic carbocycles. The first-order chi connectivity index (χ1) is 22.8. The maximum atomic E-state index is 14.6. The van der Waals surface area contributed by atoms with Gasteiger partial charge >= 0.3 is 0 Å². The number of aromatic nitrogens is 2. The molecule has 3 aliphatic rings. The van der Waals surface area contributed by atoms with E-state index >= 15 is 0 Å². The van der Waals surface area contributed by atoms with Gasteiger partial charge in [-0.05, 0) is 99.3 Å². The summed E-state index contributed by atoms with van der Waals surface area (Å²) >= 11 is 0. The largest absolute Gasteiger partial charge is 0.388 e. The molecular weight excluding hydrogens is 623 g/mol. The van der Waals surface area contributed by atoms with Crippen molar-refractivity contribution in [2.75, 3.05) is 51.2 Å². The number of aryl methyl sites for hydroxylation is 1. The van der Waals surface area contributed by atoms with Gasteiger partial charge in [-0.3, -0.25) is 4.79 Å². The van der Waals surface area contributed by atoms with Crippen molar-refractivity contribution in [1.82, 2.24) is 18.8 Å². The summed E-state index contributed by atoms with van der Waals surface area (Å²) in [5.74, 6) is -0.129. The molecule has 2 unspecified atom stereocenters. The maximum Gasteiger partial charge on any atom is 0.253 e. The third-order valence-electron chi connectivity index (χ3n) is 10.2. The Morgan fingerprint density at radius 3 is 2.38 bits per heavy atom. The van der Waals surface area contributed by atoms with Crippen LogP contribution in [0, 0.1) is 6.92 Å². The Morgan fingerprint density at radius 1 is 0.958 bits per heavy atom. The van der Waals surface area contributed by atoms with Crippen molar-refractivity contribution in [2.24, 2.45) is 0 Å². The number of anilines is 1. The molecule has 2 saturated heterocycles. The smallest absolute Gasteiger partial charge is 0.253 e. The molecule has 0 saturated carbocycles. The predicted molar refractivity (Wildman–Crippen MR) is 192 cm³/mol. The predicted octanol–water partition coefficient (Wildman–Crippen LogP) is 5.34. The molecule has 0 bridgehead atoms. The van der Waals surface area contributed by atoms with E-state index in [2.05, 4.69) is 47.0 Å². The summed E-state index contributed by atoms with van der Waals surface area (Å²) in [7, 11) is -1.82. The highest BCUT2D eigenvalue weighted by atomic mass is 32.2. The van der Waals surface area contributed by atoms with Crippen LogP contribution in [0.5, 0.6) is 0 Å². The van der Waals surface area contributed by atoms with Gasteiger partial charge in [0.25, 0.3) is 5.91 Å². The number of piperazine rings is 1. The molecule has 2 atom stereocenters. The van der Waals surface area contributed by atoms with E-state index in [0.717, 1.165) is 48.4 Å². The van der Waals surface area contributed by atoms with Crippen molar-refractivity contribution in [3.05, 3.63) is 102 Å². The molecule has 1 amide bonds. The molecule has 2 fully saturated rings. The highest BCUT2D eigenvalue weighted by Gasteiger charge is 2.41. The Labute approximate surface area is 282 Å². The van der Waals surface area contributed by atoms with Crippen molar-refractivity contribution in [2.45, 2.75) is 44.0 Å². The zero-order chi connectivity index (χ0) is 33.8. The van der Waals surface area contributed by atoms with Crippen molar-refractivity contribution in [3.8, 4) is 11.1 Å². The second-order valence-corrected chi connectivity index (χ2v) is 16.4. The minimum Gasteiger partial charge on any atom is -0.388 e. The van der Waals surface area contributed by atoms with Gasteiger partial charge in [0, 0.05) is 73.9 Å². The molecule has 48 heavy (non-hydrogen) atoms. The zero-order valence-corrected chi connectivity index (χ0v) is 28.9. The first kappa shape index (κ1) is 32.3. The summed E-state index contributed by atoms with van der Waals surface area (Å²) in [6.45, 7) is 10.5. The van der Waals surface area contributed by atoms with Gasteiger partial charge in [0.15, 0.2) is 5.65 Å². The van der Waals surface area contributed by atoms with E-state index in [0.29, 0.717) is 42.5 Å². The Balaban J connectivity index is 1.19. The number of fused-ring (bicyclic) bond motifs is 1. The quantitative estimate of drug-likeness (QED) is 0.297. The lowest BCUT2D eigenvalue weighted by atomic mass is 9.92. The van der Waals surface area contributed by atoms with E-state index in [1.165, 1.54) is 15.2 Å². The Kier molecular flexibility index (Phi) is 8.09. The molecule has 9 nitrogen and oxygen atoms in total. The number of likely N-dealkylation sites (N-methyl/N-ethyl adjacent to an activating group) is 1. The number of allylic oxidation sites excluding steroid dienone is 3. The van der Waals surface area contributed by atoms with Gasteiger partial charge in [-0.25, -0.2) is 17.4 Å². The number of nitrogens with zero attached hydrogens (tertiary/aromatic N) is 5. The fraction of sp³-hybridized carbons (Fsp3) is 0.368. The Hall–Kier alpha value is -4.25. The lowest BCUT2D eigenvalue weighted by Crippen LogP contribution is -2.44. The van der Waals surface area contributed by atoms with Gasteiger partial charge in [0.1, 0.15) is 4.75 Å². The third kappa shape index (κ3) is 5.76. The average Bonchev–Trinajstić information content (AvgIpc) is 3.65. The summed E-state index contributed by atoms with van der Waals surface area (Å²) in [4.78, 5) is 24.1. The van der Waals surface area contributed by atoms with Gasteiger partial charge in [0.2, 0.25) is 10.0 Å². The van der Waals surface area contributed by atoms with E-state index in [9.17, 15) is 18.3 Å². The minimum atomic E-state index is -3.97. The molecular formula is C38H43N5O4S. The van der Waals surface area contributed by atoms with Crippen LogP contribution in [0.3, 0.4) is 0 Å². The van der Waals surface area contributed by atoms with Crippen LogP contribution in [0.15, 0.2) is 85.2 Å². The van der Waals surface area contributed by atoms with Crippen LogP contribution >= 0.6 is 0 Å². The topological polar surface area (TPSA) is 99.0 Å². The normalized spacial score (nSPS) is 23.6. The summed E-state index contributed by atoms with van der Waals surface area (Å²) in [5.41, 5.74) is 5.79. The average molecular weight is 666 g/mol. The molecule has 10 heteroatoms. The highest BCUT2D eigenvalue weighted by molar-refractivity contribution is 7.91. The van der Waals surface area contributed by atoms with Crippen molar-refractivity contribution in [1.29, 1.82) is 0 Å². The van der Waals surface area contributed by atoms with Crippen LogP contribution in [0.25, 0.3) is 27.7 Å². The monoisotopic (exact) mass is 665 g/mol. The van der Waals surface area contributed by atoms with Crippen LogP contribution in [-0.2, 0) is 10.0 Å². The van der Waals surface area contributed by atoms with E-state index in [1.807, 2.05) is 36.4 Å². The molecule has 2 aliphatic heterocycles. The fourth-order valence-corrected chi connectivity index (χ4v) is 8.86. The van der Waals surface area contributed by atoms with Crippen LogP contribution in [-0.4, -0.2) is 94.9 Å². The summed E-state index contributed by atoms with van der Waals surface area (Å²) in [6.07, 6.45) is 10.0. The summed E-state index contributed by atoms with van der Waals surface area (Å²) < 4.78 is 29.3. The van der Waals surface area contributed by atoms with E-state index < -0.39 is 20.4 Å². The van der Waals surface area contributed by atoms with Gasteiger partial charge in [-0.15, -0.1) is 0 Å². The van der Waals surface area contributed by atoms with Gasteiger partial charge < -0.3 is 19.8 Å². The van der Waals surface area contributed by atoms with Gasteiger partial charge in [0.05, 0.1) is 5.60 Å². The summed E-state index contributed by atoms with van der Waals surface area (Å²) in [5, 5.41) is 11.0. The van der Waals surface area contributed by atoms with E-state index in [-0.39, 0.29) is 5.91 Å². The third-order valence-corrected chi connectivity index (χ3v) is 12.5. The lowest BCUT2D eigenvalue weighted by molar-refractivity contribution is 0.0572. The van der Waals surface area contributed by atoms with Crippen LogP contribution < -0.4 is 4.90 Å². The van der Waals surface area contributed by atoms with Crippen molar-refractivity contribution in [3.63, 3.8) is 0 Å². The number of benzene rings is 2. The second-order valence-electron chi connectivity index (χ2n) is 14.1. The van der Waals surface area contributed by atoms with E-state index in [4.69, 9.17) is 0 Å². The number of likely N-dealkylation sites (tertiary alicyclic amines) is 1. The molecule has 7 rings (SSSR count). The lowest BCUT2D eigenvalue weighted by Gasteiger charge is -2.35. The van der Waals surface area contributed by atoms with Gasteiger partial charge in [-0.2, -0.15) is 0 Å². The number of amides is 1. The number of pyridine rings is 1. The standard InChI is InChI=1S/C38H43N5O4S/c1-27-23-30(13-14-34(27)41-21-19-40(4)20-22-41)31-7-5-15-38(3,24-31)48(46,47)43-25-33(32-8-6-17-39-35(32)43)28-9-11-29(12-10-28)36(44)42-18-16-37(2,45)26-42/h5-14,17,23-25,45H,15-16,18-22,26H2,1-4H3. The Morgan fingerprint density at radius 2 is 1.69 bits per heavy atom. The van der Waals surface area contributed by atoms with Crippen molar-refractivity contribution < 1.29 is 18.3 Å². The molecule has 2 aromatic heterocycles. The molecule has 1 aliphatic carbocycles. The van der Waals surface area contributed by atoms with Crippen molar-refractivity contribution >= 4 is 38.2 Å². The number of rotatable bonds is 6. The first-order valence-corrected chi connectivity index (χ1v) is 18.1. The molecule has 4 heterocycles. The van der Waals surface area contributed by atoms with Crippen LogP contribution in [0.4, 0.5) is 5.69 Å². The molecule has 1 N–H and O–H groups in total. The summed E-state index contributed by atoms with van der Waals surface area (Å²) in [6, 6.07) is 17.3. The van der Waals surface area contributed by atoms with Crippen LogP contribution in [0.1, 0.15) is 48.2 Å². The number of β-amino-alcohol motifs (C(OH)–C–C–N with tert-alkyl or cyclic N) is 1.